The molecule has 0 spiro atoms. The lowest BCUT2D eigenvalue weighted by atomic mass is 10.2. The number of aliphatic hydroxyl groups excluding tert-OH is 2. The molecule has 21 heavy (non-hydrogen) atoms. The summed E-state index contributed by atoms with van der Waals surface area (Å²) < 4.78 is 6.46. The average molecular weight is 297 g/mol. The molecule has 2 rings (SSSR count). The van der Waals surface area contributed by atoms with Crippen molar-refractivity contribution in [3.63, 3.8) is 0 Å². The number of rotatable bonds is 4. The first-order valence-corrected chi connectivity index (χ1v) is 6.16. The van der Waals surface area contributed by atoms with Crippen molar-refractivity contribution < 1.29 is 24.9 Å². The van der Waals surface area contributed by atoms with Gasteiger partial charge in [-0.3, -0.25) is 4.57 Å². The summed E-state index contributed by atoms with van der Waals surface area (Å²) >= 11 is 0. The highest BCUT2D eigenvalue weighted by Crippen LogP contribution is 2.27. The molecule has 1 aliphatic heterocycles. The molecule has 0 saturated carbocycles. The number of aliphatic hydroxyl groups is 2. The number of nitrogens with two attached hydrogens (primary N) is 1. The van der Waals surface area contributed by atoms with Crippen LogP contribution in [0.1, 0.15) is 18.2 Å². The molecule has 3 atom stereocenters. The van der Waals surface area contributed by atoms with Crippen LogP contribution in [0.3, 0.4) is 0 Å². The number of hydrogen-bond acceptors (Lipinski definition) is 7. The Hall–Kier alpha value is -2.23. The van der Waals surface area contributed by atoms with Crippen LogP contribution in [-0.4, -0.2) is 49.7 Å². The number of aliphatic carboxylic acids is 1. The van der Waals surface area contributed by atoms with Gasteiger partial charge in [-0.2, -0.15) is 4.98 Å². The fourth-order valence-corrected chi connectivity index (χ4v) is 2.04. The largest absolute Gasteiger partial charge is 0.478 e. The molecule has 1 aliphatic rings. The van der Waals surface area contributed by atoms with Gasteiger partial charge in [0.25, 0.3) is 0 Å². The van der Waals surface area contributed by atoms with E-state index in [4.69, 9.17) is 20.7 Å². The fraction of sp³-hybridized carbons (Fsp3) is 0.417. The van der Waals surface area contributed by atoms with E-state index in [1.165, 1.54) is 12.3 Å². The van der Waals surface area contributed by atoms with Crippen molar-refractivity contribution in [2.45, 2.75) is 24.9 Å². The number of anilines is 1. The van der Waals surface area contributed by atoms with E-state index in [0.717, 1.165) is 10.6 Å². The highest BCUT2D eigenvalue weighted by atomic mass is 16.5. The Morgan fingerprint density at radius 2 is 2.33 bits per heavy atom. The normalized spacial score (nSPS) is 25.5. The number of ether oxygens (including phenoxy) is 1. The molecule has 1 fully saturated rings. The Morgan fingerprint density at radius 1 is 1.62 bits per heavy atom. The number of nitrogens with zero attached hydrogens (tertiary/aromatic N) is 2. The van der Waals surface area contributed by atoms with E-state index in [1.807, 2.05) is 0 Å². The smallest absolute Gasteiger partial charge is 0.351 e. The number of carboxylic acids is 1. The van der Waals surface area contributed by atoms with Crippen molar-refractivity contribution in [2.24, 2.45) is 0 Å². The first-order chi connectivity index (χ1) is 9.92. The van der Waals surface area contributed by atoms with Crippen LogP contribution in [0.5, 0.6) is 0 Å². The molecule has 0 aliphatic carbocycles. The van der Waals surface area contributed by atoms with E-state index in [2.05, 4.69) is 4.98 Å². The maximum Gasteiger partial charge on any atom is 0.351 e. The van der Waals surface area contributed by atoms with Gasteiger partial charge in [-0.1, -0.05) is 0 Å². The van der Waals surface area contributed by atoms with Crippen molar-refractivity contribution in [2.75, 3.05) is 12.3 Å². The van der Waals surface area contributed by atoms with Gasteiger partial charge in [0.15, 0.2) is 0 Å². The lowest BCUT2D eigenvalue weighted by molar-refractivity contribution is -0.131. The summed E-state index contributed by atoms with van der Waals surface area (Å²) in [4.78, 5) is 25.9. The maximum atomic E-state index is 11.8. The third-order valence-corrected chi connectivity index (χ3v) is 3.11. The highest BCUT2D eigenvalue weighted by molar-refractivity contribution is 5.86. The number of nitrogen functional groups attached to an aromatic ring is 1. The van der Waals surface area contributed by atoms with Crippen LogP contribution < -0.4 is 11.4 Å². The molecule has 9 nitrogen and oxygen atoms in total. The highest BCUT2D eigenvalue weighted by Gasteiger charge is 2.35. The van der Waals surface area contributed by atoms with Gasteiger partial charge in [0.05, 0.1) is 12.7 Å². The quantitative estimate of drug-likeness (QED) is 0.494. The van der Waals surface area contributed by atoms with Crippen LogP contribution >= 0.6 is 0 Å². The number of carbonyl (C=O) groups is 1. The molecule has 1 aromatic rings. The SMILES string of the molecule is Nc1nc(=O)n([C@H]2C[C@H](O)[C@@H](CO)O2)cc1/C=C/C(=O)O. The number of aromatic nitrogens is 2. The molecule has 114 valence electrons. The van der Waals surface area contributed by atoms with Gasteiger partial charge in [-0.15, -0.1) is 0 Å². The van der Waals surface area contributed by atoms with Crippen LogP contribution in [-0.2, 0) is 9.53 Å². The second kappa shape index (κ2) is 6.04. The topological polar surface area (TPSA) is 148 Å². The third-order valence-electron chi connectivity index (χ3n) is 3.11. The monoisotopic (exact) mass is 297 g/mol. The van der Waals surface area contributed by atoms with Crippen LogP contribution in [0.15, 0.2) is 17.1 Å². The van der Waals surface area contributed by atoms with Gasteiger partial charge in [0.2, 0.25) is 0 Å². The Kier molecular flexibility index (Phi) is 4.36. The maximum absolute atomic E-state index is 11.8. The molecule has 0 amide bonds. The van der Waals surface area contributed by atoms with Gasteiger partial charge >= 0.3 is 11.7 Å². The van der Waals surface area contributed by atoms with E-state index in [0.29, 0.717) is 0 Å². The van der Waals surface area contributed by atoms with Gasteiger partial charge < -0.3 is 25.8 Å². The Labute approximate surface area is 118 Å². The van der Waals surface area contributed by atoms with E-state index >= 15 is 0 Å². The minimum atomic E-state index is -1.17. The standard InChI is InChI=1S/C12H15N3O6/c13-11-6(1-2-10(18)19)4-15(12(20)14-11)9-3-7(17)8(5-16)21-9/h1-2,4,7-9,16-17H,3,5H2,(H,18,19)(H2,13,14,20)/b2-1+/t7-,8+,9+/m0/s1. The van der Waals surface area contributed by atoms with Crippen LogP contribution in [0.2, 0.25) is 0 Å². The average Bonchev–Trinajstić information content (AvgIpc) is 2.78. The molecule has 1 saturated heterocycles. The fourth-order valence-electron chi connectivity index (χ4n) is 2.04. The second-order valence-electron chi connectivity index (χ2n) is 4.56. The van der Waals surface area contributed by atoms with Crippen molar-refractivity contribution in [1.82, 2.24) is 9.55 Å². The lowest BCUT2D eigenvalue weighted by Gasteiger charge is -2.15. The van der Waals surface area contributed by atoms with E-state index in [-0.39, 0.29) is 24.4 Å². The zero-order valence-electron chi connectivity index (χ0n) is 10.9. The van der Waals surface area contributed by atoms with Crippen molar-refractivity contribution in [1.29, 1.82) is 0 Å². The van der Waals surface area contributed by atoms with Gasteiger partial charge in [-0.25, -0.2) is 9.59 Å². The minimum Gasteiger partial charge on any atom is -0.478 e. The molecule has 5 N–H and O–H groups in total. The van der Waals surface area contributed by atoms with Crippen molar-refractivity contribution in [3.05, 3.63) is 28.3 Å². The van der Waals surface area contributed by atoms with E-state index in [9.17, 15) is 14.7 Å². The predicted octanol–water partition coefficient (Wildman–Crippen LogP) is -1.44. The van der Waals surface area contributed by atoms with E-state index < -0.39 is 30.1 Å². The molecule has 0 aromatic carbocycles. The third kappa shape index (κ3) is 3.27. The zero-order valence-corrected chi connectivity index (χ0v) is 10.9. The van der Waals surface area contributed by atoms with Gasteiger partial charge in [-0.05, 0) is 6.08 Å². The lowest BCUT2D eigenvalue weighted by Crippen LogP contribution is -2.28. The zero-order chi connectivity index (χ0) is 15.6. The summed E-state index contributed by atoms with van der Waals surface area (Å²) in [7, 11) is 0. The van der Waals surface area contributed by atoms with Crippen molar-refractivity contribution >= 4 is 17.9 Å². The van der Waals surface area contributed by atoms with Crippen LogP contribution in [0.25, 0.3) is 6.08 Å². The summed E-state index contributed by atoms with van der Waals surface area (Å²) in [5.74, 6) is -1.27. The number of carboxylic acid groups (broad SMARTS) is 1. The molecule has 1 aromatic heterocycles. The molecule has 0 radical (unpaired) electrons. The predicted molar refractivity (Wildman–Crippen MR) is 71.2 cm³/mol. The second-order valence-corrected chi connectivity index (χ2v) is 4.56. The molecule has 0 unspecified atom stereocenters. The summed E-state index contributed by atoms with van der Waals surface area (Å²) in [6.45, 7) is -0.374. The first-order valence-electron chi connectivity index (χ1n) is 6.16. The van der Waals surface area contributed by atoms with Crippen molar-refractivity contribution in [3.8, 4) is 0 Å². The van der Waals surface area contributed by atoms with Crippen LogP contribution in [0, 0.1) is 0 Å². The summed E-state index contributed by atoms with van der Waals surface area (Å²) in [5.41, 5.74) is 5.11. The molecular formula is C12H15N3O6. The number of hydrogen-bond donors (Lipinski definition) is 4. The minimum absolute atomic E-state index is 0.106. The summed E-state index contributed by atoms with van der Waals surface area (Å²) in [5, 5.41) is 27.3. The Bertz CT molecular complexity index is 626. The molecule has 0 bridgehead atoms. The molecule has 2 heterocycles. The van der Waals surface area contributed by atoms with Gasteiger partial charge in [0, 0.05) is 24.3 Å². The molecule has 9 heteroatoms. The summed E-state index contributed by atoms with van der Waals surface area (Å²) in [6, 6.07) is 0. The molecular weight excluding hydrogens is 282 g/mol. The van der Waals surface area contributed by atoms with Gasteiger partial charge in [0.1, 0.15) is 18.1 Å². The Balaban J connectivity index is 2.34. The summed E-state index contributed by atoms with van der Waals surface area (Å²) in [6.07, 6.45) is 1.01. The Morgan fingerprint density at radius 3 is 2.90 bits per heavy atom. The van der Waals surface area contributed by atoms with Crippen LogP contribution in [0.4, 0.5) is 5.82 Å². The van der Waals surface area contributed by atoms with E-state index in [1.54, 1.807) is 0 Å². The first kappa shape index (κ1) is 15.2.